The van der Waals surface area contributed by atoms with Gasteiger partial charge in [-0.15, -0.1) is 0 Å². The van der Waals surface area contributed by atoms with E-state index in [4.69, 9.17) is 9.84 Å². The number of H-pyrrole nitrogens is 1. The van der Waals surface area contributed by atoms with E-state index in [0.29, 0.717) is 11.6 Å². The number of carbonyl (C=O) groups excluding carboxylic acids is 2. The molecule has 1 aromatic heterocycles. The summed E-state index contributed by atoms with van der Waals surface area (Å²) in [6.07, 6.45) is -1.18. The van der Waals surface area contributed by atoms with Crippen LogP contribution in [-0.2, 0) is 14.3 Å². The average Bonchev–Trinajstić information content (AvgIpc) is 3.41. The number of amides is 2. The van der Waals surface area contributed by atoms with Crippen LogP contribution < -0.4 is 10.6 Å². The molecule has 0 radical (unpaired) electrons. The molecule has 35 heavy (non-hydrogen) atoms. The molecule has 10 heteroatoms. The van der Waals surface area contributed by atoms with Crippen molar-refractivity contribution in [1.82, 2.24) is 25.8 Å². The van der Waals surface area contributed by atoms with Crippen LogP contribution in [0.5, 0.6) is 0 Å². The van der Waals surface area contributed by atoms with Gasteiger partial charge < -0.3 is 20.5 Å². The summed E-state index contributed by atoms with van der Waals surface area (Å²) in [5.74, 6) is -0.771. The second kappa shape index (κ2) is 10.4. The van der Waals surface area contributed by atoms with Gasteiger partial charge in [0, 0.05) is 12.3 Å². The van der Waals surface area contributed by atoms with E-state index in [0.717, 1.165) is 22.3 Å². The van der Waals surface area contributed by atoms with Crippen molar-refractivity contribution in [1.29, 1.82) is 0 Å². The van der Waals surface area contributed by atoms with Gasteiger partial charge >= 0.3 is 12.1 Å². The second-order valence-electron chi connectivity index (χ2n) is 8.46. The quantitative estimate of drug-likeness (QED) is 0.370. The first-order valence-electron chi connectivity index (χ1n) is 11.4. The van der Waals surface area contributed by atoms with Crippen LogP contribution in [0, 0.1) is 6.92 Å². The molecule has 2 unspecified atom stereocenters. The molecule has 1 heterocycles. The van der Waals surface area contributed by atoms with E-state index in [9.17, 15) is 14.4 Å². The van der Waals surface area contributed by atoms with Crippen molar-refractivity contribution in [3.63, 3.8) is 0 Å². The van der Waals surface area contributed by atoms with E-state index < -0.39 is 30.1 Å². The lowest BCUT2D eigenvalue weighted by atomic mass is 9.98. The van der Waals surface area contributed by atoms with E-state index in [-0.39, 0.29) is 25.4 Å². The molecular formula is C25H27N5O5. The van der Waals surface area contributed by atoms with Gasteiger partial charge in [0.05, 0.1) is 6.04 Å². The standard InChI is InChI=1S/C25H27N5O5/c1-14(23-27-15(2)29-30-23)26-24(33)21(11-12-22(31)32)28-25(34)35-13-20-18-9-5-3-7-16(18)17-8-4-6-10-19(17)20/h3-10,14,20-21H,11-13H2,1-2H3,(H,26,33)(H,28,34)(H,31,32)(H,27,29,30). The van der Waals surface area contributed by atoms with E-state index >= 15 is 0 Å². The van der Waals surface area contributed by atoms with Gasteiger partial charge in [0.1, 0.15) is 18.5 Å². The molecule has 0 spiro atoms. The Hall–Kier alpha value is -4.21. The molecule has 0 saturated heterocycles. The molecule has 0 saturated carbocycles. The van der Waals surface area contributed by atoms with Gasteiger partial charge in [0.15, 0.2) is 5.82 Å². The first-order valence-corrected chi connectivity index (χ1v) is 11.4. The summed E-state index contributed by atoms with van der Waals surface area (Å²) >= 11 is 0. The third-order valence-corrected chi connectivity index (χ3v) is 5.96. The van der Waals surface area contributed by atoms with E-state index in [1.807, 2.05) is 48.5 Å². The first kappa shape index (κ1) is 23.9. The number of ether oxygens (including phenoxy) is 1. The van der Waals surface area contributed by atoms with Crippen LogP contribution in [-0.4, -0.2) is 50.9 Å². The Labute approximate surface area is 202 Å². The van der Waals surface area contributed by atoms with Gasteiger partial charge in [-0.2, -0.15) is 5.10 Å². The van der Waals surface area contributed by atoms with E-state index in [2.05, 4.69) is 25.8 Å². The number of benzene rings is 2. The Balaban J connectivity index is 1.41. The van der Waals surface area contributed by atoms with Crippen LogP contribution in [0.1, 0.15) is 54.5 Å². The highest BCUT2D eigenvalue weighted by Crippen LogP contribution is 2.44. The largest absolute Gasteiger partial charge is 0.481 e. The van der Waals surface area contributed by atoms with Gasteiger partial charge in [-0.25, -0.2) is 9.78 Å². The maximum atomic E-state index is 12.8. The minimum Gasteiger partial charge on any atom is -0.481 e. The van der Waals surface area contributed by atoms with Gasteiger partial charge in [0.25, 0.3) is 0 Å². The Kier molecular flexibility index (Phi) is 7.09. The number of hydrogen-bond donors (Lipinski definition) is 4. The van der Waals surface area contributed by atoms with Crippen LogP contribution in [0.25, 0.3) is 11.1 Å². The van der Waals surface area contributed by atoms with Crippen molar-refractivity contribution in [3.05, 3.63) is 71.3 Å². The molecule has 3 aromatic rings. The number of aromatic amines is 1. The molecule has 2 aromatic carbocycles. The molecule has 4 rings (SSSR count). The molecular weight excluding hydrogens is 450 g/mol. The molecule has 0 aliphatic heterocycles. The van der Waals surface area contributed by atoms with Crippen LogP contribution in [0.2, 0.25) is 0 Å². The number of hydrogen-bond acceptors (Lipinski definition) is 6. The van der Waals surface area contributed by atoms with Crippen LogP contribution in [0.15, 0.2) is 48.5 Å². The molecule has 1 aliphatic rings. The fourth-order valence-electron chi connectivity index (χ4n) is 4.25. The third kappa shape index (κ3) is 5.48. The van der Waals surface area contributed by atoms with Crippen LogP contribution in [0.4, 0.5) is 4.79 Å². The van der Waals surface area contributed by atoms with E-state index in [1.54, 1.807) is 13.8 Å². The van der Waals surface area contributed by atoms with Crippen LogP contribution in [0.3, 0.4) is 0 Å². The number of fused-ring (bicyclic) bond motifs is 3. The second-order valence-corrected chi connectivity index (χ2v) is 8.46. The molecule has 182 valence electrons. The summed E-state index contributed by atoms with van der Waals surface area (Å²) < 4.78 is 5.51. The molecule has 10 nitrogen and oxygen atoms in total. The topological polar surface area (TPSA) is 146 Å². The van der Waals surface area contributed by atoms with E-state index in [1.165, 1.54) is 0 Å². The summed E-state index contributed by atoms with van der Waals surface area (Å²) in [7, 11) is 0. The van der Waals surface area contributed by atoms with Crippen molar-refractivity contribution < 1.29 is 24.2 Å². The summed E-state index contributed by atoms with van der Waals surface area (Å²) in [5.41, 5.74) is 4.34. The number of carbonyl (C=O) groups is 3. The van der Waals surface area contributed by atoms with Gasteiger partial charge in [-0.1, -0.05) is 48.5 Å². The Morgan fingerprint density at radius 3 is 2.26 bits per heavy atom. The molecule has 2 amide bonds. The maximum absolute atomic E-state index is 12.8. The third-order valence-electron chi connectivity index (χ3n) is 5.96. The normalized spacial score (nSPS) is 13.9. The number of aliphatic carboxylic acids is 1. The summed E-state index contributed by atoms with van der Waals surface area (Å²) in [6, 6.07) is 14.3. The number of carboxylic acids is 1. The minimum atomic E-state index is -1.09. The van der Waals surface area contributed by atoms with Crippen molar-refractivity contribution in [2.24, 2.45) is 0 Å². The first-order chi connectivity index (χ1) is 16.8. The molecule has 0 fully saturated rings. The summed E-state index contributed by atoms with van der Waals surface area (Å²) in [6.45, 7) is 3.52. The highest BCUT2D eigenvalue weighted by molar-refractivity contribution is 5.86. The number of aromatic nitrogens is 3. The fourth-order valence-corrected chi connectivity index (χ4v) is 4.25. The zero-order valence-corrected chi connectivity index (χ0v) is 19.4. The number of nitrogens with one attached hydrogen (secondary N) is 3. The Bertz CT molecular complexity index is 1190. The Morgan fingerprint density at radius 1 is 1.06 bits per heavy atom. The van der Waals surface area contributed by atoms with Gasteiger partial charge in [-0.05, 0) is 42.5 Å². The Morgan fingerprint density at radius 2 is 1.69 bits per heavy atom. The predicted molar refractivity (Wildman–Crippen MR) is 127 cm³/mol. The number of alkyl carbamates (subject to hydrolysis) is 1. The number of rotatable bonds is 9. The SMILES string of the molecule is Cc1nc(C(C)NC(=O)C(CCC(=O)O)NC(=O)OCC2c3ccccc3-c3ccccc32)n[nH]1. The lowest BCUT2D eigenvalue weighted by Gasteiger charge is -2.20. The van der Waals surface area contributed by atoms with Gasteiger partial charge in [0.2, 0.25) is 5.91 Å². The smallest absolute Gasteiger partial charge is 0.407 e. The number of carboxylic acid groups (broad SMARTS) is 1. The zero-order valence-electron chi connectivity index (χ0n) is 19.4. The van der Waals surface area contributed by atoms with Crippen molar-refractivity contribution in [2.45, 2.75) is 44.7 Å². The highest BCUT2D eigenvalue weighted by Gasteiger charge is 2.30. The number of nitrogens with zero attached hydrogens (tertiary/aromatic N) is 2. The predicted octanol–water partition coefficient (Wildman–Crippen LogP) is 3.06. The number of aryl methyl sites for hydroxylation is 1. The zero-order chi connectivity index (χ0) is 24.9. The molecule has 0 bridgehead atoms. The summed E-state index contributed by atoms with van der Waals surface area (Å²) in [5, 5.41) is 21.0. The van der Waals surface area contributed by atoms with Crippen molar-refractivity contribution >= 4 is 18.0 Å². The lowest BCUT2D eigenvalue weighted by Crippen LogP contribution is -2.48. The molecule has 1 aliphatic carbocycles. The molecule has 2 atom stereocenters. The van der Waals surface area contributed by atoms with Crippen LogP contribution >= 0.6 is 0 Å². The maximum Gasteiger partial charge on any atom is 0.407 e. The lowest BCUT2D eigenvalue weighted by molar-refractivity contribution is -0.137. The average molecular weight is 478 g/mol. The fraction of sp³-hybridized carbons (Fsp3) is 0.320. The monoisotopic (exact) mass is 477 g/mol. The highest BCUT2D eigenvalue weighted by atomic mass is 16.5. The van der Waals surface area contributed by atoms with Gasteiger partial charge in [-0.3, -0.25) is 14.7 Å². The minimum absolute atomic E-state index is 0.0833. The van der Waals surface area contributed by atoms with Crippen molar-refractivity contribution in [2.75, 3.05) is 6.61 Å². The van der Waals surface area contributed by atoms with Crippen molar-refractivity contribution in [3.8, 4) is 11.1 Å². The summed E-state index contributed by atoms with van der Waals surface area (Å²) in [4.78, 5) is 40.8. The molecule has 4 N–H and O–H groups in total.